The number of nitrogens with zero attached hydrogens (tertiary/aromatic N) is 2. The van der Waals surface area contributed by atoms with Crippen molar-refractivity contribution in [1.82, 2.24) is 15.5 Å². The van der Waals surface area contributed by atoms with Crippen LogP contribution in [0.25, 0.3) is 0 Å². The van der Waals surface area contributed by atoms with E-state index in [2.05, 4.69) is 15.5 Å². The lowest BCUT2D eigenvalue weighted by Crippen LogP contribution is -2.40. The molecule has 0 aromatic carbocycles. The highest BCUT2D eigenvalue weighted by Crippen LogP contribution is 2.12. The third kappa shape index (κ3) is 3.34. The van der Waals surface area contributed by atoms with Crippen molar-refractivity contribution < 1.29 is 9.21 Å². The summed E-state index contributed by atoms with van der Waals surface area (Å²) in [7, 11) is 0. The largest absolute Gasteiger partial charge is 0.417 e. The Balaban J connectivity index is 2.75. The van der Waals surface area contributed by atoms with Gasteiger partial charge in [0.2, 0.25) is 5.89 Å². The van der Waals surface area contributed by atoms with E-state index in [0.717, 1.165) is 0 Å². The Labute approximate surface area is 89.3 Å². The summed E-state index contributed by atoms with van der Waals surface area (Å²) in [6, 6.07) is 0. The van der Waals surface area contributed by atoms with E-state index >= 15 is 0 Å². The van der Waals surface area contributed by atoms with E-state index in [1.165, 1.54) is 0 Å². The normalized spacial score (nSPS) is 11.9. The predicted molar refractivity (Wildman–Crippen MR) is 55.6 cm³/mol. The molecule has 1 N–H and O–H groups in total. The summed E-state index contributed by atoms with van der Waals surface area (Å²) in [4.78, 5) is 11.6. The minimum Gasteiger partial charge on any atom is -0.417 e. The van der Waals surface area contributed by atoms with Gasteiger partial charge in [0.25, 0.3) is 0 Å². The second kappa shape index (κ2) is 4.00. The highest BCUT2D eigenvalue weighted by molar-refractivity contribution is 5.89. The van der Waals surface area contributed by atoms with Crippen molar-refractivity contribution in [1.29, 1.82) is 0 Å². The quantitative estimate of drug-likeness (QED) is 0.808. The van der Waals surface area contributed by atoms with Gasteiger partial charge in [0, 0.05) is 11.5 Å². The maximum Gasteiger partial charge on any atom is 0.309 e. The molecule has 84 valence electrons. The van der Waals surface area contributed by atoms with Gasteiger partial charge in [-0.15, -0.1) is 10.2 Å². The first-order valence-corrected chi connectivity index (χ1v) is 4.95. The second-order valence-corrected chi connectivity index (χ2v) is 4.80. The lowest BCUT2D eigenvalue weighted by atomic mass is 10.1. The highest BCUT2D eigenvalue weighted by Gasteiger charge is 2.21. The van der Waals surface area contributed by atoms with E-state index in [1.807, 2.05) is 34.6 Å². The molecule has 1 aromatic heterocycles. The van der Waals surface area contributed by atoms with Gasteiger partial charge >= 0.3 is 11.8 Å². The second-order valence-electron chi connectivity index (χ2n) is 4.80. The van der Waals surface area contributed by atoms with Gasteiger partial charge in [-0.1, -0.05) is 13.8 Å². The summed E-state index contributed by atoms with van der Waals surface area (Å²) in [5, 5.41) is 10.2. The molecule has 1 heterocycles. The summed E-state index contributed by atoms with van der Waals surface area (Å²) in [5.74, 6) is 0.304. The average Bonchev–Trinajstić information content (AvgIpc) is 2.47. The summed E-state index contributed by atoms with van der Waals surface area (Å²) >= 11 is 0. The summed E-state index contributed by atoms with van der Waals surface area (Å²) in [6.07, 6.45) is 0. The number of hydrogen-bond donors (Lipinski definition) is 1. The van der Waals surface area contributed by atoms with Crippen LogP contribution in [0.15, 0.2) is 4.42 Å². The van der Waals surface area contributed by atoms with Crippen LogP contribution < -0.4 is 5.32 Å². The van der Waals surface area contributed by atoms with E-state index in [9.17, 15) is 4.79 Å². The summed E-state index contributed by atoms with van der Waals surface area (Å²) in [6.45, 7) is 9.54. The van der Waals surface area contributed by atoms with Crippen LogP contribution in [-0.4, -0.2) is 21.6 Å². The van der Waals surface area contributed by atoms with Crippen molar-refractivity contribution in [3.05, 3.63) is 11.8 Å². The van der Waals surface area contributed by atoms with E-state index in [1.54, 1.807) is 0 Å². The van der Waals surface area contributed by atoms with Gasteiger partial charge in [-0.25, -0.2) is 0 Å². The van der Waals surface area contributed by atoms with E-state index in [4.69, 9.17) is 4.42 Å². The van der Waals surface area contributed by atoms with Crippen molar-refractivity contribution in [2.75, 3.05) is 0 Å². The molecule has 0 radical (unpaired) electrons. The summed E-state index contributed by atoms with van der Waals surface area (Å²) in [5.41, 5.74) is -0.302. The number of aromatic nitrogens is 2. The van der Waals surface area contributed by atoms with Gasteiger partial charge < -0.3 is 9.73 Å². The molecule has 0 saturated carbocycles. The monoisotopic (exact) mass is 211 g/mol. The van der Waals surface area contributed by atoms with Crippen LogP contribution in [0.3, 0.4) is 0 Å². The van der Waals surface area contributed by atoms with Crippen LogP contribution in [0.2, 0.25) is 0 Å². The Hall–Kier alpha value is -1.39. The molecule has 15 heavy (non-hydrogen) atoms. The first-order chi connectivity index (χ1) is 6.79. The first kappa shape index (κ1) is 11.7. The topological polar surface area (TPSA) is 68.0 Å². The third-order valence-electron chi connectivity index (χ3n) is 1.62. The number of carbonyl (C=O) groups is 1. The Morgan fingerprint density at radius 1 is 1.33 bits per heavy atom. The van der Waals surface area contributed by atoms with Gasteiger partial charge in [-0.05, 0) is 20.8 Å². The fourth-order valence-corrected chi connectivity index (χ4v) is 0.954. The molecule has 5 heteroatoms. The Bertz CT molecular complexity index is 350. The maximum atomic E-state index is 11.6. The van der Waals surface area contributed by atoms with Crippen LogP contribution in [0.4, 0.5) is 0 Å². The predicted octanol–water partition coefficient (Wildman–Crippen LogP) is 1.72. The lowest BCUT2D eigenvalue weighted by Gasteiger charge is -2.18. The first-order valence-electron chi connectivity index (χ1n) is 4.95. The van der Waals surface area contributed by atoms with Crippen molar-refractivity contribution >= 4 is 5.91 Å². The zero-order valence-electron chi connectivity index (χ0n) is 9.79. The van der Waals surface area contributed by atoms with Crippen LogP contribution in [0, 0.1) is 0 Å². The zero-order valence-corrected chi connectivity index (χ0v) is 9.79. The molecule has 0 aliphatic carbocycles. The summed E-state index contributed by atoms with van der Waals surface area (Å²) < 4.78 is 5.22. The van der Waals surface area contributed by atoms with Crippen LogP contribution in [-0.2, 0) is 0 Å². The molecular formula is C10H17N3O2. The molecule has 1 rings (SSSR count). The van der Waals surface area contributed by atoms with Crippen LogP contribution >= 0.6 is 0 Å². The minimum absolute atomic E-state index is 0.0219. The Morgan fingerprint density at radius 2 is 1.93 bits per heavy atom. The van der Waals surface area contributed by atoms with Gasteiger partial charge in [0.05, 0.1) is 0 Å². The molecule has 0 atom stereocenters. The zero-order chi connectivity index (χ0) is 11.6. The van der Waals surface area contributed by atoms with Crippen LogP contribution in [0.5, 0.6) is 0 Å². The van der Waals surface area contributed by atoms with Crippen molar-refractivity contribution in [3.63, 3.8) is 0 Å². The van der Waals surface area contributed by atoms with Gasteiger partial charge in [0.1, 0.15) is 0 Å². The molecule has 0 spiro atoms. The van der Waals surface area contributed by atoms with E-state index in [0.29, 0.717) is 5.89 Å². The van der Waals surface area contributed by atoms with Crippen molar-refractivity contribution in [3.8, 4) is 0 Å². The molecule has 5 nitrogen and oxygen atoms in total. The standard InChI is InChI=1S/C10H17N3O2/c1-6(2)8-12-13-9(15-8)7(14)11-10(3,4)5/h6H,1-5H3,(H,11,14). The minimum atomic E-state index is -0.332. The highest BCUT2D eigenvalue weighted by atomic mass is 16.4. The molecule has 0 bridgehead atoms. The van der Waals surface area contributed by atoms with Crippen molar-refractivity contribution in [2.45, 2.75) is 46.1 Å². The SMILES string of the molecule is CC(C)c1nnc(C(=O)NC(C)(C)C)o1. The molecule has 0 aliphatic heterocycles. The maximum absolute atomic E-state index is 11.6. The number of hydrogen-bond acceptors (Lipinski definition) is 4. The average molecular weight is 211 g/mol. The molecule has 1 aromatic rings. The third-order valence-corrected chi connectivity index (χ3v) is 1.62. The van der Waals surface area contributed by atoms with Gasteiger partial charge in [-0.2, -0.15) is 0 Å². The van der Waals surface area contributed by atoms with Gasteiger partial charge in [-0.3, -0.25) is 4.79 Å². The smallest absolute Gasteiger partial charge is 0.309 e. The van der Waals surface area contributed by atoms with Crippen molar-refractivity contribution in [2.24, 2.45) is 0 Å². The Morgan fingerprint density at radius 3 is 2.33 bits per heavy atom. The number of rotatable bonds is 2. The van der Waals surface area contributed by atoms with E-state index in [-0.39, 0.29) is 23.3 Å². The van der Waals surface area contributed by atoms with Crippen LogP contribution in [0.1, 0.15) is 57.1 Å². The molecule has 0 aliphatic rings. The molecule has 0 saturated heterocycles. The molecular weight excluding hydrogens is 194 g/mol. The van der Waals surface area contributed by atoms with Gasteiger partial charge in [0.15, 0.2) is 0 Å². The fourth-order valence-electron chi connectivity index (χ4n) is 0.954. The lowest BCUT2D eigenvalue weighted by molar-refractivity contribution is 0.0881. The number of amides is 1. The molecule has 0 unspecified atom stereocenters. The fraction of sp³-hybridized carbons (Fsp3) is 0.700. The van der Waals surface area contributed by atoms with E-state index < -0.39 is 0 Å². The molecule has 1 amide bonds. The number of carbonyl (C=O) groups excluding carboxylic acids is 1. The number of nitrogens with one attached hydrogen (secondary N) is 1. The Kier molecular flexibility index (Phi) is 3.12. The molecule has 0 fully saturated rings.